The number of rotatable bonds is 1. The van der Waals surface area contributed by atoms with Gasteiger partial charge in [-0.2, -0.15) is 5.26 Å². The molecule has 0 aromatic rings. The van der Waals surface area contributed by atoms with Gasteiger partial charge < -0.3 is 4.74 Å². The van der Waals surface area contributed by atoms with Gasteiger partial charge in [0.2, 0.25) is 0 Å². The highest BCUT2D eigenvalue weighted by Gasteiger charge is 2.36. The third-order valence-corrected chi connectivity index (χ3v) is 3.47. The summed E-state index contributed by atoms with van der Waals surface area (Å²) in [5.74, 6) is 0. The van der Waals surface area contributed by atoms with E-state index in [2.05, 4.69) is 12.1 Å². The van der Waals surface area contributed by atoms with Crippen molar-refractivity contribution in [1.82, 2.24) is 0 Å². The molecule has 2 rings (SSSR count). The van der Waals surface area contributed by atoms with Crippen LogP contribution in [0.3, 0.4) is 0 Å². The summed E-state index contributed by atoms with van der Waals surface area (Å²) in [6.45, 7) is 1.51. The Morgan fingerprint density at radius 2 is 2.07 bits per heavy atom. The quantitative estimate of drug-likeness (QED) is 0.597. The largest absolute Gasteiger partial charge is 0.381 e. The Kier molecular flexibility index (Phi) is 2.88. The van der Waals surface area contributed by atoms with E-state index in [1.54, 1.807) is 0 Å². The van der Waals surface area contributed by atoms with Gasteiger partial charge in [0, 0.05) is 13.2 Å². The highest BCUT2D eigenvalue weighted by atomic mass is 16.5. The fraction of sp³-hybridized carbons (Fsp3) is 0.750. The summed E-state index contributed by atoms with van der Waals surface area (Å²) in [7, 11) is 0. The minimum Gasteiger partial charge on any atom is -0.381 e. The van der Waals surface area contributed by atoms with Crippen molar-refractivity contribution in [2.75, 3.05) is 13.2 Å². The third-order valence-electron chi connectivity index (χ3n) is 3.47. The Balaban J connectivity index is 2.18. The van der Waals surface area contributed by atoms with Gasteiger partial charge in [0.1, 0.15) is 0 Å². The summed E-state index contributed by atoms with van der Waals surface area (Å²) in [4.78, 5) is 0. The molecule has 14 heavy (non-hydrogen) atoms. The molecule has 1 saturated heterocycles. The van der Waals surface area contributed by atoms with Crippen LogP contribution in [0.2, 0.25) is 0 Å². The maximum absolute atomic E-state index is 9.35. The van der Waals surface area contributed by atoms with Crippen molar-refractivity contribution in [3.63, 3.8) is 0 Å². The lowest BCUT2D eigenvalue weighted by molar-refractivity contribution is 0.0523. The van der Waals surface area contributed by atoms with Crippen LogP contribution in [0.25, 0.3) is 0 Å². The van der Waals surface area contributed by atoms with Gasteiger partial charge in [0.05, 0.1) is 11.5 Å². The standard InChI is InChI=1S/C12H17NO/c13-10-12(6-8-14-9-7-12)11-4-2-1-3-5-11/h4H,1-3,5-9H2. The van der Waals surface area contributed by atoms with Gasteiger partial charge in [-0.15, -0.1) is 0 Å². The van der Waals surface area contributed by atoms with Crippen molar-refractivity contribution in [2.24, 2.45) is 5.41 Å². The molecule has 0 N–H and O–H groups in total. The molecule has 76 valence electrons. The predicted molar refractivity (Wildman–Crippen MR) is 54.7 cm³/mol. The summed E-state index contributed by atoms with van der Waals surface area (Å²) in [6, 6.07) is 2.54. The van der Waals surface area contributed by atoms with E-state index < -0.39 is 0 Å². The minimum absolute atomic E-state index is 0.168. The normalized spacial score (nSPS) is 26.4. The van der Waals surface area contributed by atoms with Crippen LogP contribution >= 0.6 is 0 Å². The first-order chi connectivity index (χ1) is 6.87. The average Bonchev–Trinajstić information content (AvgIpc) is 2.31. The second-order valence-electron chi connectivity index (χ2n) is 4.28. The van der Waals surface area contributed by atoms with Crippen molar-refractivity contribution >= 4 is 0 Å². The zero-order valence-electron chi connectivity index (χ0n) is 8.59. The summed E-state index contributed by atoms with van der Waals surface area (Å²) in [5.41, 5.74) is 1.23. The van der Waals surface area contributed by atoms with Crippen molar-refractivity contribution in [2.45, 2.75) is 38.5 Å². The van der Waals surface area contributed by atoms with Crippen LogP contribution < -0.4 is 0 Å². The highest BCUT2D eigenvalue weighted by molar-refractivity contribution is 5.25. The van der Waals surface area contributed by atoms with Gasteiger partial charge in [-0.3, -0.25) is 0 Å². The average molecular weight is 191 g/mol. The van der Waals surface area contributed by atoms with Crippen molar-refractivity contribution in [3.8, 4) is 6.07 Å². The smallest absolute Gasteiger partial charge is 0.0826 e. The fourth-order valence-corrected chi connectivity index (χ4v) is 2.50. The summed E-state index contributed by atoms with van der Waals surface area (Å²) in [5, 5.41) is 9.35. The SMILES string of the molecule is N#CC1(C2=CCCCC2)CCOCC1. The number of nitriles is 1. The van der Waals surface area contributed by atoms with Crippen LogP contribution in [0, 0.1) is 16.7 Å². The molecule has 0 radical (unpaired) electrons. The zero-order valence-corrected chi connectivity index (χ0v) is 8.59. The molecule has 0 spiro atoms. The Bertz CT molecular complexity index is 269. The summed E-state index contributed by atoms with van der Waals surface area (Å²) in [6.07, 6.45) is 8.95. The van der Waals surface area contributed by atoms with Gasteiger partial charge in [-0.25, -0.2) is 0 Å². The van der Waals surface area contributed by atoms with E-state index in [0.29, 0.717) is 0 Å². The topological polar surface area (TPSA) is 33.0 Å². The van der Waals surface area contributed by atoms with E-state index in [-0.39, 0.29) is 5.41 Å². The number of allylic oxidation sites excluding steroid dienone is 2. The Morgan fingerprint density at radius 1 is 1.29 bits per heavy atom. The minimum atomic E-state index is -0.168. The van der Waals surface area contributed by atoms with Crippen LogP contribution in [0.5, 0.6) is 0 Å². The molecular formula is C12H17NO. The van der Waals surface area contributed by atoms with Gasteiger partial charge in [-0.05, 0) is 38.5 Å². The van der Waals surface area contributed by atoms with Crippen LogP contribution in [-0.2, 0) is 4.74 Å². The van der Waals surface area contributed by atoms with Crippen LogP contribution in [-0.4, -0.2) is 13.2 Å². The lowest BCUT2D eigenvalue weighted by Gasteiger charge is -2.34. The molecule has 0 aromatic heterocycles. The molecule has 0 amide bonds. The molecule has 0 saturated carbocycles. The molecule has 0 unspecified atom stereocenters. The molecule has 1 aliphatic carbocycles. The van der Waals surface area contributed by atoms with Crippen molar-refractivity contribution < 1.29 is 4.74 Å². The molecule has 0 aromatic carbocycles. The third kappa shape index (κ3) is 1.69. The van der Waals surface area contributed by atoms with Crippen LogP contribution in [0.1, 0.15) is 38.5 Å². The Hall–Kier alpha value is -0.810. The maximum Gasteiger partial charge on any atom is 0.0826 e. The lowest BCUT2D eigenvalue weighted by atomic mass is 9.71. The van der Waals surface area contributed by atoms with E-state index >= 15 is 0 Å². The zero-order chi connectivity index (χ0) is 9.86. The molecule has 1 heterocycles. The van der Waals surface area contributed by atoms with E-state index in [1.165, 1.54) is 24.8 Å². The lowest BCUT2D eigenvalue weighted by Crippen LogP contribution is -2.30. The summed E-state index contributed by atoms with van der Waals surface area (Å²) < 4.78 is 5.34. The van der Waals surface area contributed by atoms with Crippen molar-refractivity contribution in [1.29, 1.82) is 5.26 Å². The number of ether oxygens (including phenoxy) is 1. The fourth-order valence-electron chi connectivity index (χ4n) is 2.50. The number of nitrogens with zero attached hydrogens (tertiary/aromatic N) is 1. The first kappa shape index (κ1) is 9.73. The second-order valence-corrected chi connectivity index (χ2v) is 4.28. The van der Waals surface area contributed by atoms with E-state index in [9.17, 15) is 5.26 Å². The first-order valence-corrected chi connectivity index (χ1v) is 5.56. The molecule has 2 nitrogen and oxygen atoms in total. The summed E-state index contributed by atoms with van der Waals surface area (Å²) >= 11 is 0. The number of hydrogen-bond donors (Lipinski definition) is 0. The Labute approximate surface area is 85.6 Å². The van der Waals surface area contributed by atoms with E-state index in [4.69, 9.17) is 4.74 Å². The van der Waals surface area contributed by atoms with Gasteiger partial charge in [-0.1, -0.05) is 11.6 Å². The molecule has 2 aliphatic rings. The van der Waals surface area contributed by atoms with E-state index in [1.807, 2.05) is 0 Å². The van der Waals surface area contributed by atoms with Gasteiger partial charge in [0.25, 0.3) is 0 Å². The monoisotopic (exact) mass is 191 g/mol. The molecule has 0 atom stereocenters. The van der Waals surface area contributed by atoms with Crippen LogP contribution in [0.4, 0.5) is 0 Å². The Morgan fingerprint density at radius 3 is 2.64 bits per heavy atom. The molecule has 1 fully saturated rings. The first-order valence-electron chi connectivity index (χ1n) is 5.56. The molecule has 2 heteroatoms. The number of hydrogen-bond acceptors (Lipinski definition) is 2. The highest BCUT2D eigenvalue weighted by Crippen LogP contribution is 2.41. The van der Waals surface area contributed by atoms with Gasteiger partial charge in [0.15, 0.2) is 0 Å². The molecule has 1 aliphatic heterocycles. The van der Waals surface area contributed by atoms with Crippen molar-refractivity contribution in [3.05, 3.63) is 11.6 Å². The molecule has 0 bridgehead atoms. The predicted octanol–water partition coefficient (Wildman–Crippen LogP) is 2.81. The van der Waals surface area contributed by atoms with Gasteiger partial charge >= 0.3 is 0 Å². The second kappa shape index (κ2) is 4.14. The van der Waals surface area contributed by atoms with E-state index in [0.717, 1.165) is 32.5 Å². The van der Waals surface area contributed by atoms with Crippen LogP contribution in [0.15, 0.2) is 11.6 Å². The maximum atomic E-state index is 9.35. The molecular weight excluding hydrogens is 174 g/mol.